The largest absolute Gasteiger partial charge is 0.368 e. The van der Waals surface area contributed by atoms with Gasteiger partial charge in [0, 0.05) is 10.0 Å². The molecule has 1 aliphatic carbocycles. The fourth-order valence-corrected chi connectivity index (χ4v) is 4.70. The van der Waals surface area contributed by atoms with Crippen molar-refractivity contribution in [2.45, 2.75) is 43.2 Å². The molecule has 27 heavy (non-hydrogen) atoms. The maximum absolute atomic E-state index is 12.2. The first-order chi connectivity index (χ1) is 13.1. The first-order valence-corrected chi connectivity index (χ1v) is 9.91. The number of aromatic nitrogens is 3. The summed E-state index contributed by atoms with van der Waals surface area (Å²) < 4.78 is 1.61. The average Bonchev–Trinajstić information content (AvgIpc) is 3.16. The Morgan fingerprint density at radius 1 is 0.815 bits per heavy atom. The Morgan fingerprint density at radius 3 is 1.89 bits per heavy atom. The first-order valence-electron chi connectivity index (χ1n) is 9.16. The molecule has 1 aromatic heterocycles. The van der Waals surface area contributed by atoms with Gasteiger partial charge in [0.1, 0.15) is 12.7 Å². The third-order valence-electron chi connectivity index (χ3n) is 5.73. The summed E-state index contributed by atoms with van der Waals surface area (Å²) in [5.41, 5.74) is 0.0804. The molecule has 0 aliphatic heterocycles. The fraction of sp³-hybridized carbons (Fsp3) is 0.333. The van der Waals surface area contributed by atoms with Crippen LogP contribution in [0, 0.1) is 0 Å². The van der Waals surface area contributed by atoms with Crippen LogP contribution in [-0.2, 0) is 11.1 Å². The smallest absolute Gasteiger partial charge is 0.173 e. The second kappa shape index (κ2) is 7.27. The Balaban J connectivity index is 2.02. The highest BCUT2D eigenvalue weighted by atomic mass is 35.5. The summed E-state index contributed by atoms with van der Waals surface area (Å²) in [4.78, 5) is 4.10. The van der Waals surface area contributed by atoms with Gasteiger partial charge in [0.2, 0.25) is 0 Å². The summed E-state index contributed by atoms with van der Waals surface area (Å²) in [6.07, 6.45) is 7.42. The summed E-state index contributed by atoms with van der Waals surface area (Å²) >= 11 is 12.3. The van der Waals surface area contributed by atoms with Gasteiger partial charge in [0.25, 0.3) is 0 Å². The molecule has 0 spiro atoms. The van der Waals surface area contributed by atoms with E-state index in [1.54, 1.807) is 11.0 Å². The normalized spacial score (nSPS) is 22.3. The van der Waals surface area contributed by atoms with Crippen molar-refractivity contribution in [3.05, 3.63) is 82.4 Å². The molecule has 4 nitrogen and oxygen atoms in total. The molecule has 1 saturated carbocycles. The summed E-state index contributed by atoms with van der Waals surface area (Å²) in [6, 6.07) is 15.5. The van der Waals surface area contributed by atoms with E-state index in [1.165, 1.54) is 6.33 Å². The van der Waals surface area contributed by atoms with E-state index in [-0.39, 0.29) is 0 Å². The molecule has 6 heteroatoms. The van der Waals surface area contributed by atoms with Gasteiger partial charge in [-0.2, -0.15) is 5.10 Å². The van der Waals surface area contributed by atoms with E-state index >= 15 is 0 Å². The highest BCUT2D eigenvalue weighted by Gasteiger charge is 2.55. The van der Waals surface area contributed by atoms with Gasteiger partial charge in [0.05, 0.1) is 5.41 Å². The Labute approximate surface area is 168 Å². The summed E-state index contributed by atoms with van der Waals surface area (Å²) in [7, 11) is 0. The molecule has 0 radical (unpaired) electrons. The highest BCUT2D eigenvalue weighted by molar-refractivity contribution is 6.30. The second-order valence-electron chi connectivity index (χ2n) is 7.14. The molecule has 0 amide bonds. The molecule has 0 bridgehead atoms. The highest BCUT2D eigenvalue weighted by Crippen LogP contribution is 2.52. The Morgan fingerprint density at radius 2 is 1.37 bits per heavy atom. The number of nitrogens with zero attached hydrogens (tertiary/aromatic N) is 3. The minimum absolute atomic E-state index is 0.585. The van der Waals surface area contributed by atoms with Crippen molar-refractivity contribution in [3.63, 3.8) is 0 Å². The van der Waals surface area contributed by atoms with Gasteiger partial charge in [-0.05, 0) is 54.7 Å². The van der Waals surface area contributed by atoms with Crippen molar-refractivity contribution in [2.75, 3.05) is 0 Å². The number of rotatable bonds is 3. The topological polar surface area (TPSA) is 50.9 Å². The molecule has 1 fully saturated rings. The van der Waals surface area contributed by atoms with Crippen LogP contribution in [0.1, 0.15) is 43.2 Å². The van der Waals surface area contributed by atoms with E-state index < -0.39 is 11.1 Å². The lowest BCUT2D eigenvalue weighted by molar-refractivity contribution is -0.112. The third kappa shape index (κ3) is 3.06. The molecule has 1 atom stereocenters. The number of hydrogen-bond donors (Lipinski definition) is 1. The average molecular weight is 402 g/mol. The number of aliphatic hydroxyl groups is 1. The van der Waals surface area contributed by atoms with Crippen LogP contribution in [0.3, 0.4) is 0 Å². The third-order valence-corrected chi connectivity index (χ3v) is 6.24. The summed E-state index contributed by atoms with van der Waals surface area (Å²) in [6.45, 7) is 0. The van der Waals surface area contributed by atoms with E-state index in [0.717, 1.165) is 36.8 Å². The van der Waals surface area contributed by atoms with Gasteiger partial charge in [-0.3, -0.25) is 0 Å². The van der Waals surface area contributed by atoms with E-state index in [4.69, 9.17) is 23.2 Å². The number of hydrogen-bond acceptors (Lipinski definition) is 3. The Bertz CT molecular complexity index is 849. The maximum Gasteiger partial charge on any atom is 0.173 e. The fourth-order valence-electron chi connectivity index (χ4n) is 4.45. The van der Waals surface area contributed by atoms with Gasteiger partial charge in [-0.25, -0.2) is 9.67 Å². The van der Waals surface area contributed by atoms with Crippen molar-refractivity contribution in [1.29, 1.82) is 0 Å². The van der Waals surface area contributed by atoms with Crippen LogP contribution in [0.15, 0.2) is 61.2 Å². The van der Waals surface area contributed by atoms with Crippen molar-refractivity contribution >= 4 is 23.2 Å². The standard InChI is InChI=1S/C21H21Cl2N3O/c22-18-8-4-16(5-9-18)20(17-6-10-19(23)11-7-17)12-2-1-3-13-21(20,27)26-15-24-14-25-26/h4-11,14-15,27H,1-3,12-13H2. The van der Waals surface area contributed by atoms with Crippen molar-refractivity contribution in [3.8, 4) is 0 Å². The zero-order chi connectivity index (χ0) is 18.9. The Kier molecular flexibility index (Phi) is 4.97. The molecule has 1 unspecified atom stereocenters. The van der Waals surface area contributed by atoms with Crippen LogP contribution in [0.25, 0.3) is 0 Å². The van der Waals surface area contributed by atoms with Gasteiger partial charge in [-0.15, -0.1) is 0 Å². The van der Waals surface area contributed by atoms with Crippen molar-refractivity contribution in [1.82, 2.24) is 14.8 Å². The van der Waals surface area contributed by atoms with E-state index in [1.807, 2.05) is 48.5 Å². The second-order valence-corrected chi connectivity index (χ2v) is 8.01. The molecule has 4 rings (SSSR count). The zero-order valence-corrected chi connectivity index (χ0v) is 16.4. The predicted molar refractivity (Wildman–Crippen MR) is 107 cm³/mol. The van der Waals surface area contributed by atoms with Crippen LogP contribution >= 0.6 is 23.2 Å². The molecule has 1 aliphatic rings. The maximum atomic E-state index is 12.2. The number of benzene rings is 2. The van der Waals surface area contributed by atoms with E-state index in [0.29, 0.717) is 16.5 Å². The zero-order valence-electron chi connectivity index (χ0n) is 14.9. The van der Waals surface area contributed by atoms with Gasteiger partial charge < -0.3 is 5.11 Å². The number of halogens is 2. The Hall–Kier alpha value is -1.88. The van der Waals surface area contributed by atoms with Gasteiger partial charge >= 0.3 is 0 Å². The molecule has 2 aromatic carbocycles. The molecule has 1 N–H and O–H groups in total. The molecule has 0 saturated heterocycles. The van der Waals surface area contributed by atoms with E-state index in [2.05, 4.69) is 10.1 Å². The lowest BCUT2D eigenvalue weighted by Gasteiger charge is -2.47. The predicted octanol–water partition coefficient (Wildman–Crippen LogP) is 5.18. The molecular formula is C21H21Cl2N3O. The lowest BCUT2D eigenvalue weighted by Crippen LogP contribution is -2.54. The van der Waals surface area contributed by atoms with Crippen LogP contribution < -0.4 is 0 Å². The molecular weight excluding hydrogens is 381 g/mol. The minimum Gasteiger partial charge on any atom is -0.368 e. The summed E-state index contributed by atoms with van der Waals surface area (Å²) in [5, 5.41) is 17.8. The van der Waals surface area contributed by atoms with Crippen LogP contribution in [0.4, 0.5) is 0 Å². The van der Waals surface area contributed by atoms with E-state index in [9.17, 15) is 5.11 Å². The molecule has 140 valence electrons. The van der Waals surface area contributed by atoms with Crippen LogP contribution in [-0.4, -0.2) is 19.9 Å². The lowest BCUT2D eigenvalue weighted by atomic mass is 9.64. The quantitative estimate of drug-likeness (QED) is 0.614. The van der Waals surface area contributed by atoms with Crippen LogP contribution in [0.5, 0.6) is 0 Å². The monoisotopic (exact) mass is 401 g/mol. The first kappa shape index (κ1) is 18.5. The minimum atomic E-state index is -1.25. The summed E-state index contributed by atoms with van der Waals surface area (Å²) in [5.74, 6) is 0. The van der Waals surface area contributed by atoms with Crippen LogP contribution in [0.2, 0.25) is 10.0 Å². The van der Waals surface area contributed by atoms with Crippen molar-refractivity contribution < 1.29 is 5.11 Å². The molecule has 3 aromatic rings. The SMILES string of the molecule is OC1(n2cncn2)CCCCCC1(c1ccc(Cl)cc1)c1ccc(Cl)cc1. The van der Waals surface area contributed by atoms with Gasteiger partial charge in [-0.1, -0.05) is 60.3 Å². The van der Waals surface area contributed by atoms with Crippen molar-refractivity contribution in [2.24, 2.45) is 0 Å². The van der Waals surface area contributed by atoms with Gasteiger partial charge in [0.15, 0.2) is 5.72 Å². The molecule has 1 heterocycles.